The number of hydrogen-bond acceptors (Lipinski definition) is 4. The number of carboxylic acid groups (broad SMARTS) is 1. The molecule has 0 spiro atoms. The summed E-state index contributed by atoms with van der Waals surface area (Å²) in [6.07, 6.45) is 0. The summed E-state index contributed by atoms with van der Waals surface area (Å²) in [7, 11) is 0. The van der Waals surface area contributed by atoms with Gasteiger partial charge in [0.15, 0.2) is 5.82 Å². The standard InChI is InChI=1S/C13H8N2O3S/c16-12-8-4-3-7(13(17)18)6-9(8)14-11(15-12)10-2-1-5-19-10/h1-6H,(H,17,18)(H,14,15,16). The predicted octanol–water partition coefficient (Wildman–Crippen LogP) is 2.35. The molecule has 94 valence electrons. The molecule has 0 amide bonds. The van der Waals surface area contributed by atoms with E-state index >= 15 is 0 Å². The maximum Gasteiger partial charge on any atom is 0.335 e. The summed E-state index contributed by atoms with van der Waals surface area (Å²) < 4.78 is 0. The monoisotopic (exact) mass is 272 g/mol. The van der Waals surface area contributed by atoms with Crippen molar-refractivity contribution in [1.29, 1.82) is 0 Å². The number of H-pyrrole nitrogens is 1. The van der Waals surface area contributed by atoms with E-state index in [-0.39, 0.29) is 11.1 Å². The van der Waals surface area contributed by atoms with Crippen molar-refractivity contribution in [2.75, 3.05) is 0 Å². The molecule has 5 nitrogen and oxygen atoms in total. The zero-order valence-corrected chi connectivity index (χ0v) is 10.4. The highest BCUT2D eigenvalue weighted by atomic mass is 32.1. The Balaban J connectivity index is 2.29. The topological polar surface area (TPSA) is 83.0 Å². The molecule has 0 bridgehead atoms. The van der Waals surface area contributed by atoms with E-state index in [4.69, 9.17) is 5.11 Å². The van der Waals surface area contributed by atoms with E-state index in [1.54, 1.807) is 0 Å². The zero-order chi connectivity index (χ0) is 13.4. The van der Waals surface area contributed by atoms with Gasteiger partial charge in [0.1, 0.15) is 0 Å². The Bertz CT molecular complexity index is 822. The summed E-state index contributed by atoms with van der Waals surface area (Å²) in [6.45, 7) is 0. The minimum absolute atomic E-state index is 0.114. The van der Waals surface area contributed by atoms with Gasteiger partial charge in [-0.25, -0.2) is 9.78 Å². The molecule has 0 aliphatic carbocycles. The number of carbonyl (C=O) groups is 1. The minimum Gasteiger partial charge on any atom is -0.478 e. The quantitative estimate of drug-likeness (QED) is 0.750. The van der Waals surface area contributed by atoms with Crippen LogP contribution in [0.1, 0.15) is 10.4 Å². The first-order chi connectivity index (χ1) is 9.15. The molecular formula is C13H8N2O3S. The summed E-state index contributed by atoms with van der Waals surface area (Å²) in [6, 6.07) is 7.98. The summed E-state index contributed by atoms with van der Waals surface area (Å²) in [4.78, 5) is 30.7. The number of aromatic carboxylic acids is 1. The lowest BCUT2D eigenvalue weighted by Gasteiger charge is -2.02. The number of fused-ring (bicyclic) bond motifs is 1. The number of aromatic amines is 1. The van der Waals surface area contributed by atoms with E-state index < -0.39 is 5.97 Å². The van der Waals surface area contributed by atoms with Gasteiger partial charge in [-0.15, -0.1) is 11.3 Å². The largest absolute Gasteiger partial charge is 0.478 e. The number of thiophene rings is 1. The Morgan fingerprint density at radius 2 is 2.16 bits per heavy atom. The van der Waals surface area contributed by atoms with Crippen molar-refractivity contribution in [2.45, 2.75) is 0 Å². The first kappa shape index (κ1) is 11.6. The number of hydrogen-bond donors (Lipinski definition) is 2. The van der Waals surface area contributed by atoms with Crippen molar-refractivity contribution in [3.05, 3.63) is 51.6 Å². The molecule has 0 fully saturated rings. The van der Waals surface area contributed by atoms with Crippen LogP contribution in [0.5, 0.6) is 0 Å². The highest BCUT2D eigenvalue weighted by molar-refractivity contribution is 7.13. The second kappa shape index (κ2) is 4.33. The van der Waals surface area contributed by atoms with Crippen molar-refractivity contribution in [1.82, 2.24) is 9.97 Å². The molecule has 0 radical (unpaired) electrons. The molecule has 0 aliphatic rings. The van der Waals surface area contributed by atoms with Gasteiger partial charge in [0.2, 0.25) is 0 Å². The molecule has 6 heteroatoms. The van der Waals surface area contributed by atoms with Gasteiger partial charge >= 0.3 is 5.97 Å². The molecule has 3 aromatic rings. The number of nitrogens with zero attached hydrogens (tertiary/aromatic N) is 1. The maximum atomic E-state index is 11.9. The fourth-order valence-electron chi connectivity index (χ4n) is 1.80. The van der Waals surface area contributed by atoms with E-state index in [1.807, 2.05) is 17.5 Å². The molecule has 0 unspecified atom stereocenters. The van der Waals surface area contributed by atoms with Crippen LogP contribution in [0.3, 0.4) is 0 Å². The second-order valence-corrected chi connectivity index (χ2v) is 4.88. The minimum atomic E-state index is -1.04. The summed E-state index contributed by atoms with van der Waals surface area (Å²) in [5.41, 5.74) is 0.222. The lowest BCUT2D eigenvalue weighted by molar-refractivity contribution is 0.0697. The lowest BCUT2D eigenvalue weighted by Crippen LogP contribution is -2.10. The highest BCUT2D eigenvalue weighted by Crippen LogP contribution is 2.21. The van der Waals surface area contributed by atoms with Crippen LogP contribution in [0.2, 0.25) is 0 Å². The molecule has 0 atom stereocenters. The molecule has 0 saturated heterocycles. The van der Waals surface area contributed by atoms with Crippen molar-refractivity contribution in [3.63, 3.8) is 0 Å². The van der Waals surface area contributed by atoms with E-state index in [2.05, 4.69) is 9.97 Å². The van der Waals surface area contributed by atoms with Gasteiger partial charge in [-0.2, -0.15) is 0 Å². The fraction of sp³-hybridized carbons (Fsp3) is 0. The van der Waals surface area contributed by atoms with Crippen LogP contribution in [0, 0.1) is 0 Å². The summed E-state index contributed by atoms with van der Waals surface area (Å²) in [5.74, 6) is -0.586. The van der Waals surface area contributed by atoms with Gasteiger partial charge in [0, 0.05) is 0 Å². The van der Waals surface area contributed by atoms with Crippen LogP contribution in [-0.2, 0) is 0 Å². The van der Waals surface area contributed by atoms with Crippen LogP contribution in [0.4, 0.5) is 0 Å². The Kier molecular flexibility index (Phi) is 2.64. The smallest absolute Gasteiger partial charge is 0.335 e. The van der Waals surface area contributed by atoms with Gasteiger partial charge in [-0.05, 0) is 29.6 Å². The highest BCUT2D eigenvalue weighted by Gasteiger charge is 2.09. The van der Waals surface area contributed by atoms with Crippen LogP contribution < -0.4 is 5.56 Å². The average Bonchev–Trinajstić information content (AvgIpc) is 2.91. The van der Waals surface area contributed by atoms with Gasteiger partial charge < -0.3 is 10.1 Å². The molecule has 19 heavy (non-hydrogen) atoms. The summed E-state index contributed by atoms with van der Waals surface area (Å²) in [5, 5.41) is 11.2. The van der Waals surface area contributed by atoms with E-state index in [0.29, 0.717) is 16.7 Å². The number of aromatic nitrogens is 2. The third kappa shape index (κ3) is 2.02. The number of rotatable bonds is 2. The Morgan fingerprint density at radius 3 is 2.84 bits per heavy atom. The normalized spacial score (nSPS) is 10.7. The Labute approximate surface area is 111 Å². The SMILES string of the molecule is O=C(O)c1ccc2c(=O)[nH]c(-c3cccs3)nc2c1. The number of benzene rings is 1. The molecule has 0 aliphatic heterocycles. The third-order valence-corrected chi connectivity index (χ3v) is 3.58. The molecule has 3 rings (SSSR count). The average molecular weight is 272 g/mol. The van der Waals surface area contributed by atoms with Crippen LogP contribution in [-0.4, -0.2) is 21.0 Å². The second-order valence-electron chi connectivity index (χ2n) is 3.93. The van der Waals surface area contributed by atoms with Gasteiger partial charge in [0.25, 0.3) is 5.56 Å². The number of carboxylic acids is 1. The van der Waals surface area contributed by atoms with Gasteiger partial charge in [-0.1, -0.05) is 6.07 Å². The van der Waals surface area contributed by atoms with Gasteiger partial charge in [-0.3, -0.25) is 4.79 Å². The van der Waals surface area contributed by atoms with Crippen LogP contribution in [0.25, 0.3) is 21.6 Å². The predicted molar refractivity (Wildman–Crippen MR) is 72.6 cm³/mol. The molecule has 0 saturated carbocycles. The fourth-order valence-corrected chi connectivity index (χ4v) is 2.47. The Morgan fingerprint density at radius 1 is 1.32 bits per heavy atom. The summed E-state index contributed by atoms with van der Waals surface area (Å²) >= 11 is 1.45. The van der Waals surface area contributed by atoms with Crippen molar-refractivity contribution >= 4 is 28.2 Å². The van der Waals surface area contributed by atoms with E-state index in [1.165, 1.54) is 29.5 Å². The molecule has 2 heterocycles. The van der Waals surface area contributed by atoms with Crippen LogP contribution in [0.15, 0.2) is 40.5 Å². The van der Waals surface area contributed by atoms with Crippen molar-refractivity contribution in [2.24, 2.45) is 0 Å². The molecular weight excluding hydrogens is 264 g/mol. The molecule has 1 aromatic carbocycles. The first-order valence-corrected chi connectivity index (χ1v) is 6.34. The van der Waals surface area contributed by atoms with Crippen LogP contribution >= 0.6 is 11.3 Å². The number of nitrogens with one attached hydrogen (secondary N) is 1. The van der Waals surface area contributed by atoms with E-state index in [9.17, 15) is 9.59 Å². The Hall–Kier alpha value is -2.47. The zero-order valence-electron chi connectivity index (χ0n) is 9.58. The third-order valence-electron chi connectivity index (χ3n) is 2.71. The molecule has 2 aromatic heterocycles. The van der Waals surface area contributed by atoms with Crippen molar-refractivity contribution in [3.8, 4) is 10.7 Å². The maximum absolute atomic E-state index is 11.9. The van der Waals surface area contributed by atoms with Crippen molar-refractivity contribution < 1.29 is 9.90 Å². The first-order valence-electron chi connectivity index (χ1n) is 5.46. The van der Waals surface area contributed by atoms with E-state index in [0.717, 1.165) is 4.88 Å². The lowest BCUT2D eigenvalue weighted by atomic mass is 10.1. The van der Waals surface area contributed by atoms with Gasteiger partial charge in [0.05, 0.1) is 21.3 Å². The molecule has 2 N–H and O–H groups in total.